The highest BCUT2D eigenvalue weighted by Crippen LogP contribution is 2.36. The van der Waals surface area contributed by atoms with E-state index in [2.05, 4.69) is 5.32 Å². The van der Waals surface area contributed by atoms with Crippen molar-refractivity contribution in [2.45, 2.75) is 6.04 Å². The van der Waals surface area contributed by atoms with Crippen molar-refractivity contribution in [1.82, 2.24) is 5.32 Å². The molecule has 1 atom stereocenters. The number of aliphatic hydroxyl groups is 1. The van der Waals surface area contributed by atoms with E-state index >= 15 is 0 Å². The zero-order valence-corrected chi connectivity index (χ0v) is 13.6. The highest BCUT2D eigenvalue weighted by atomic mass is 19.1. The summed E-state index contributed by atoms with van der Waals surface area (Å²) in [6.45, 7) is 0. The van der Waals surface area contributed by atoms with E-state index in [0.29, 0.717) is 5.56 Å². The van der Waals surface area contributed by atoms with E-state index in [-0.39, 0.29) is 16.9 Å². The second kappa shape index (κ2) is 6.11. The molecule has 5 heteroatoms. The zero-order chi connectivity index (χ0) is 18.3. The third-order valence-electron chi connectivity index (χ3n) is 4.52. The van der Waals surface area contributed by atoms with Crippen molar-refractivity contribution >= 4 is 28.2 Å². The van der Waals surface area contributed by atoms with Gasteiger partial charge in [0.2, 0.25) is 0 Å². The van der Waals surface area contributed by atoms with Crippen LogP contribution in [-0.2, 0) is 9.59 Å². The van der Waals surface area contributed by atoms with Gasteiger partial charge in [-0.1, -0.05) is 42.5 Å². The quantitative estimate of drug-likeness (QED) is 0.422. The fourth-order valence-corrected chi connectivity index (χ4v) is 3.27. The number of hydrogen-bond donors (Lipinski definition) is 2. The zero-order valence-electron chi connectivity index (χ0n) is 13.6. The Kier molecular flexibility index (Phi) is 3.77. The fourth-order valence-electron chi connectivity index (χ4n) is 3.27. The molecular formula is C21H14FNO3. The van der Waals surface area contributed by atoms with Crippen molar-refractivity contribution in [3.8, 4) is 0 Å². The molecule has 1 aliphatic heterocycles. The maximum atomic E-state index is 13.2. The Morgan fingerprint density at radius 1 is 0.923 bits per heavy atom. The molecule has 26 heavy (non-hydrogen) atoms. The van der Waals surface area contributed by atoms with Crippen LogP contribution < -0.4 is 5.32 Å². The fraction of sp³-hybridized carbons (Fsp3) is 0.0476. The number of carbonyl (C=O) groups excluding carboxylic acids is 2. The predicted molar refractivity (Wildman–Crippen MR) is 95.8 cm³/mol. The number of amides is 1. The Balaban J connectivity index is 1.92. The summed E-state index contributed by atoms with van der Waals surface area (Å²) in [7, 11) is 0. The molecule has 1 fully saturated rings. The van der Waals surface area contributed by atoms with Crippen molar-refractivity contribution in [2.75, 3.05) is 0 Å². The van der Waals surface area contributed by atoms with Gasteiger partial charge < -0.3 is 10.4 Å². The summed E-state index contributed by atoms with van der Waals surface area (Å²) in [6.07, 6.45) is 0. The van der Waals surface area contributed by atoms with Crippen molar-refractivity contribution in [2.24, 2.45) is 0 Å². The maximum absolute atomic E-state index is 13.2. The lowest BCUT2D eigenvalue weighted by molar-refractivity contribution is -0.133. The van der Waals surface area contributed by atoms with Crippen LogP contribution in [0.4, 0.5) is 4.39 Å². The molecule has 0 saturated carbocycles. The van der Waals surface area contributed by atoms with Gasteiger partial charge in [0.25, 0.3) is 11.7 Å². The minimum Gasteiger partial charge on any atom is -0.507 e. The summed E-state index contributed by atoms with van der Waals surface area (Å²) in [4.78, 5) is 24.4. The minimum atomic E-state index is -0.787. The molecule has 4 rings (SSSR count). The molecule has 0 aliphatic carbocycles. The highest BCUT2D eigenvalue weighted by molar-refractivity contribution is 6.46. The SMILES string of the molecule is O=C1N[C@H](c2cccc3ccccc23)C(=C(O)c2ccc(F)cc2)C1=O. The Morgan fingerprint density at radius 2 is 1.62 bits per heavy atom. The van der Waals surface area contributed by atoms with Crippen LogP contribution in [0.3, 0.4) is 0 Å². The molecule has 0 aromatic heterocycles. The molecule has 1 aliphatic rings. The van der Waals surface area contributed by atoms with E-state index in [9.17, 15) is 19.1 Å². The first-order valence-electron chi connectivity index (χ1n) is 8.08. The van der Waals surface area contributed by atoms with E-state index < -0.39 is 23.5 Å². The van der Waals surface area contributed by atoms with Gasteiger partial charge >= 0.3 is 0 Å². The normalized spacial score (nSPS) is 18.9. The second-order valence-electron chi connectivity index (χ2n) is 6.07. The largest absolute Gasteiger partial charge is 0.507 e. The maximum Gasteiger partial charge on any atom is 0.293 e. The van der Waals surface area contributed by atoms with E-state index in [1.54, 1.807) is 0 Å². The van der Waals surface area contributed by atoms with Crippen molar-refractivity contribution in [1.29, 1.82) is 0 Å². The topological polar surface area (TPSA) is 66.4 Å². The van der Waals surface area contributed by atoms with Crippen molar-refractivity contribution in [3.63, 3.8) is 0 Å². The van der Waals surface area contributed by atoms with Crippen LogP contribution in [0.1, 0.15) is 17.2 Å². The molecule has 1 heterocycles. The minimum absolute atomic E-state index is 0.0297. The number of nitrogens with one attached hydrogen (secondary N) is 1. The van der Waals surface area contributed by atoms with Gasteiger partial charge in [-0.3, -0.25) is 9.59 Å². The highest BCUT2D eigenvalue weighted by Gasteiger charge is 2.40. The summed E-state index contributed by atoms with van der Waals surface area (Å²) < 4.78 is 13.2. The number of hydrogen-bond acceptors (Lipinski definition) is 3. The van der Waals surface area contributed by atoms with Crippen LogP contribution in [0.25, 0.3) is 16.5 Å². The standard InChI is InChI=1S/C21H14FNO3/c22-14-10-8-13(9-11-14)19(24)17-18(23-21(26)20(17)25)16-7-3-5-12-4-1-2-6-15(12)16/h1-11,18,24H,(H,23,26)/t18-/m1/s1. The van der Waals surface area contributed by atoms with Crippen LogP contribution in [0.5, 0.6) is 0 Å². The van der Waals surface area contributed by atoms with Gasteiger partial charge in [-0.05, 0) is 40.6 Å². The second-order valence-corrected chi connectivity index (χ2v) is 6.07. The van der Waals surface area contributed by atoms with Gasteiger partial charge in [-0.25, -0.2) is 4.39 Å². The van der Waals surface area contributed by atoms with Crippen LogP contribution >= 0.6 is 0 Å². The Labute approximate surface area is 148 Å². The summed E-state index contributed by atoms with van der Waals surface area (Å²) in [5.41, 5.74) is 0.959. The first-order chi connectivity index (χ1) is 12.6. The number of carbonyl (C=O) groups is 2. The van der Waals surface area contributed by atoms with E-state index in [0.717, 1.165) is 10.8 Å². The van der Waals surface area contributed by atoms with Crippen LogP contribution in [-0.4, -0.2) is 16.8 Å². The van der Waals surface area contributed by atoms with E-state index in [4.69, 9.17) is 0 Å². The molecule has 1 saturated heterocycles. The summed E-state index contributed by atoms with van der Waals surface area (Å²) in [5, 5.41) is 15.1. The Morgan fingerprint density at radius 3 is 2.38 bits per heavy atom. The Bertz CT molecular complexity index is 1060. The molecule has 0 radical (unpaired) electrons. The average Bonchev–Trinajstić information content (AvgIpc) is 2.96. The predicted octanol–water partition coefficient (Wildman–Crippen LogP) is 3.69. The molecular weight excluding hydrogens is 333 g/mol. The van der Waals surface area contributed by atoms with E-state index in [1.165, 1.54) is 24.3 Å². The molecule has 0 bridgehead atoms. The smallest absolute Gasteiger partial charge is 0.293 e. The number of Topliss-reactive ketones (excluding diaryl/α,β-unsaturated/α-hetero) is 1. The molecule has 0 unspecified atom stereocenters. The van der Waals surface area contributed by atoms with Crippen LogP contribution in [0.2, 0.25) is 0 Å². The van der Waals surface area contributed by atoms with Crippen molar-refractivity contribution < 1.29 is 19.1 Å². The lowest BCUT2D eigenvalue weighted by atomic mass is 9.92. The van der Waals surface area contributed by atoms with E-state index in [1.807, 2.05) is 42.5 Å². The van der Waals surface area contributed by atoms with Crippen LogP contribution in [0.15, 0.2) is 72.3 Å². The summed E-state index contributed by atoms with van der Waals surface area (Å²) in [6, 6.07) is 17.5. The van der Waals surface area contributed by atoms with Gasteiger partial charge in [0.15, 0.2) is 0 Å². The molecule has 3 aromatic carbocycles. The van der Waals surface area contributed by atoms with Gasteiger partial charge in [0.1, 0.15) is 11.6 Å². The lowest BCUT2D eigenvalue weighted by Gasteiger charge is -2.16. The third kappa shape index (κ3) is 2.54. The number of fused-ring (bicyclic) bond motifs is 1. The van der Waals surface area contributed by atoms with Crippen LogP contribution in [0, 0.1) is 5.82 Å². The van der Waals surface area contributed by atoms with Gasteiger partial charge in [-0.15, -0.1) is 0 Å². The summed E-state index contributed by atoms with van der Waals surface area (Å²) in [5.74, 6) is -2.34. The molecule has 3 aromatic rings. The number of ketones is 1. The molecule has 0 spiro atoms. The average molecular weight is 347 g/mol. The summed E-state index contributed by atoms with van der Waals surface area (Å²) >= 11 is 0. The number of rotatable bonds is 2. The van der Waals surface area contributed by atoms with Gasteiger partial charge in [0, 0.05) is 5.56 Å². The van der Waals surface area contributed by atoms with Gasteiger partial charge in [0.05, 0.1) is 11.6 Å². The molecule has 1 amide bonds. The van der Waals surface area contributed by atoms with Gasteiger partial charge in [-0.2, -0.15) is 0 Å². The molecule has 128 valence electrons. The lowest BCUT2D eigenvalue weighted by Crippen LogP contribution is -2.21. The van der Waals surface area contributed by atoms with Crippen molar-refractivity contribution in [3.05, 3.63) is 89.2 Å². The Hall–Kier alpha value is -3.47. The number of halogens is 1. The first-order valence-corrected chi connectivity index (χ1v) is 8.08. The number of aliphatic hydroxyl groups excluding tert-OH is 1. The monoisotopic (exact) mass is 347 g/mol. The number of benzene rings is 3. The molecule has 4 nitrogen and oxygen atoms in total. The first kappa shape index (κ1) is 16.0. The molecule has 2 N–H and O–H groups in total. The third-order valence-corrected chi connectivity index (χ3v) is 4.52.